The van der Waals surface area contributed by atoms with Gasteiger partial charge in [0.2, 0.25) is 0 Å². The van der Waals surface area contributed by atoms with Crippen LogP contribution in [-0.4, -0.2) is 179 Å². The summed E-state index contributed by atoms with van der Waals surface area (Å²) in [6.45, 7) is 3.85. The summed E-state index contributed by atoms with van der Waals surface area (Å²) in [4.78, 5) is 69.1. The first-order chi connectivity index (χ1) is 30.8. The molecule has 1 atom stereocenters. The van der Waals surface area contributed by atoms with E-state index >= 15 is 0 Å². The highest BCUT2D eigenvalue weighted by Gasteiger charge is 2.29. The van der Waals surface area contributed by atoms with E-state index < -0.39 is 35.9 Å². The van der Waals surface area contributed by atoms with E-state index in [1.165, 1.54) is 0 Å². The van der Waals surface area contributed by atoms with Gasteiger partial charge in [0, 0.05) is 70.0 Å². The minimum Gasteiger partial charge on any atom is -0.490 e. The number of carbonyl (C=O) groups excluding carboxylic acids is 1. The topological polar surface area (TPSA) is 225 Å². The molecule has 0 saturated carbocycles. The number of carbonyl (C=O) groups is 5. The lowest BCUT2D eigenvalue weighted by Crippen LogP contribution is -2.49. The van der Waals surface area contributed by atoms with Gasteiger partial charge in [0.05, 0.1) is 31.7 Å². The van der Waals surface area contributed by atoms with Crippen LogP contribution in [0.25, 0.3) is 23.3 Å². The van der Waals surface area contributed by atoms with Gasteiger partial charge in [-0.05, 0) is 54.6 Å². The average molecular weight is 883 g/mol. The van der Waals surface area contributed by atoms with Gasteiger partial charge >= 0.3 is 29.8 Å². The van der Waals surface area contributed by atoms with Crippen molar-refractivity contribution in [3.63, 3.8) is 0 Å². The third kappa shape index (κ3) is 15.3. The summed E-state index contributed by atoms with van der Waals surface area (Å²) in [6.07, 6.45) is 6.04. The summed E-state index contributed by atoms with van der Waals surface area (Å²) in [7, 11) is 0. The van der Waals surface area contributed by atoms with E-state index in [4.69, 9.17) is 9.47 Å². The summed E-state index contributed by atoms with van der Waals surface area (Å²) >= 11 is 0. The Morgan fingerprint density at radius 1 is 0.688 bits per heavy atom. The third-order valence-electron chi connectivity index (χ3n) is 11.4. The molecule has 2 saturated heterocycles. The van der Waals surface area contributed by atoms with Crippen LogP contribution in [0.1, 0.15) is 47.1 Å². The van der Waals surface area contributed by atoms with Crippen LogP contribution >= 0.6 is 0 Å². The first-order valence-electron chi connectivity index (χ1n) is 21.5. The van der Waals surface area contributed by atoms with Crippen molar-refractivity contribution in [1.82, 2.24) is 24.5 Å². The quantitative estimate of drug-likeness (QED) is 0.0815. The van der Waals surface area contributed by atoms with Gasteiger partial charge < -0.3 is 29.9 Å². The van der Waals surface area contributed by atoms with E-state index in [1.54, 1.807) is 19.6 Å². The number of ether oxygens (including phenoxy) is 2. The van der Waals surface area contributed by atoms with Crippen molar-refractivity contribution in [3.05, 3.63) is 88.5 Å². The number of carboxylic acid groups (broad SMARTS) is 4. The molecule has 0 aromatic heterocycles. The molecule has 2 heterocycles. The van der Waals surface area contributed by atoms with Crippen LogP contribution in [0.5, 0.6) is 5.75 Å². The van der Waals surface area contributed by atoms with Gasteiger partial charge in [-0.3, -0.25) is 48.5 Å². The van der Waals surface area contributed by atoms with Crippen molar-refractivity contribution in [2.45, 2.75) is 38.8 Å². The largest absolute Gasteiger partial charge is 0.490 e. The third-order valence-corrected chi connectivity index (χ3v) is 11.4. The van der Waals surface area contributed by atoms with Gasteiger partial charge in [-0.1, -0.05) is 73.2 Å². The zero-order chi connectivity index (χ0) is 46.0. The van der Waals surface area contributed by atoms with Crippen LogP contribution in [0.15, 0.2) is 60.7 Å². The lowest BCUT2D eigenvalue weighted by molar-refractivity contribution is -0.146. The molecule has 0 bridgehead atoms. The lowest BCUT2D eigenvalue weighted by atomic mass is 9.95. The molecule has 3 aromatic carbocycles. The smallest absolute Gasteiger partial charge is 0.320 e. The fourth-order valence-electron chi connectivity index (χ4n) is 8.07. The van der Waals surface area contributed by atoms with Gasteiger partial charge in [-0.25, -0.2) is 0 Å². The van der Waals surface area contributed by atoms with E-state index in [1.807, 2.05) is 84.6 Å². The SMILES string of the molecule is Cc1cc(CN2CCCC[C@H]2C(=O)O)c(OCCOC(=O)CN2CCN(CC(=O)O)CCN(CC(=O)O)CCN(CC(=O)O)CC2)cc1/C=C/c1cccc(-c2ccccc2)c1C#N. The number of hydrogen-bond donors (Lipinski definition) is 4. The standard InChI is InChI=1S/C47H58N6O11/c1-34-26-38(29-53-15-6-5-12-41(53)47(61)62)42(27-37(34)14-13-36-10-7-11-39(40(36)28-48)35-8-3-2-4-9-35)63-24-25-64-46(60)33-52-22-20-50(31-44(56)57)18-16-49(30-43(54)55)17-19-51(21-23-52)32-45(58)59/h2-4,7-11,13-14,26-27,41H,5-6,12,15-25,29-33H2,1H3,(H,54,55)(H,56,57)(H,58,59)(H,61,62)/b14-13+/t41-/m0/s1. The first kappa shape index (κ1) is 48.9. The molecular formula is C47H58N6O11. The number of hydrogen-bond acceptors (Lipinski definition) is 13. The second-order valence-electron chi connectivity index (χ2n) is 16.1. The maximum absolute atomic E-state index is 13.3. The zero-order valence-electron chi connectivity index (χ0n) is 36.3. The molecule has 2 aliphatic heterocycles. The Hall–Kier alpha value is -6.16. The molecule has 0 spiro atoms. The van der Waals surface area contributed by atoms with Crippen molar-refractivity contribution in [1.29, 1.82) is 5.26 Å². The van der Waals surface area contributed by atoms with E-state index in [0.717, 1.165) is 46.2 Å². The zero-order valence-corrected chi connectivity index (χ0v) is 36.3. The van der Waals surface area contributed by atoms with Crippen LogP contribution in [0.4, 0.5) is 0 Å². The van der Waals surface area contributed by atoms with Gasteiger partial charge in [0.15, 0.2) is 0 Å². The number of benzene rings is 3. The molecule has 342 valence electrons. The first-order valence-corrected chi connectivity index (χ1v) is 21.5. The summed E-state index contributed by atoms with van der Waals surface area (Å²) in [5.74, 6) is -4.08. The second kappa shape index (κ2) is 24.6. The molecule has 64 heavy (non-hydrogen) atoms. The molecule has 0 amide bonds. The summed E-state index contributed by atoms with van der Waals surface area (Å²) in [6, 6.07) is 21.0. The number of aryl methyl sites for hydroxylation is 1. The molecule has 17 nitrogen and oxygen atoms in total. The van der Waals surface area contributed by atoms with Crippen molar-refractivity contribution >= 4 is 42.0 Å². The van der Waals surface area contributed by atoms with E-state index in [0.29, 0.717) is 30.8 Å². The fraction of sp³-hybridized carbons (Fsp3) is 0.447. The predicted octanol–water partition coefficient (Wildman–Crippen LogP) is 3.54. The average Bonchev–Trinajstić information content (AvgIpc) is 3.26. The maximum atomic E-state index is 13.3. The Morgan fingerprint density at radius 3 is 1.80 bits per heavy atom. The minimum absolute atomic E-state index is 0.0172. The molecule has 0 unspecified atom stereocenters. The molecule has 2 aliphatic rings. The van der Waals surface area contributed by atoms with E-state index in [2.05, 4.69) is 6.07 Å². The van der Waals surface area contributed by atoms with Gasteiger partial charge in [-0.15, -0.1) is 0 Å². The Balaban J connectivity index is 1.30. The minimum atomic E-state index is -1.05. The Bertz CT molecular complexity index is 2130. The van der Waals surface area contributed by atoms with E-state index in [-0.39, 0.29) is 91.8 Å². The number of carboxylic acids is 4. The van der Waals surface area contributed by atoms with Crippen molar-refractivity contribution in [3.8, 4) is 22.9 Å². The summed E-state index contributed by atoms with van der Waals surface area (Å²) < 4.78 is 11.9. The van der Waals surface area contributed by atoms with Crippen molar-refractivity contribution in [2.24, 2.45) is 0 Å². The van der Waals surface area contributed by atoms with Crippen molar-refractivity contribution in [2.75, 3.05) is 98.3 Å². The summed E-state index contributed by atoms with van der Waals surface area (Å²) in [5, 5.41) is 48.7. The van der Waals surface area contributed by atoms with Gasteiger partial charge in [0.25, 0.3) is 0 Å². The number of piperidine rings is 1. The molecule has 5 rings (SSSR count). The molecule has 0 aliphatic carbocycles. The molecule has 2 fully saturated rings. The number of nitriles is 1. The van der Waals surface area contributed by atoms with Crippen LogP contribution in [-0.2, 0) is 35.3 Å². The second-order valence-corrected chi connectivity index (χ2v) is 16.1. The number of rotatable bonds is 18. The fourth-order valence-corrected chi connectivity index (χ4v) is 8.07. The van der Waals surface area contributed by atoms with Crippen LogP contribution in [0, 0.1) is 18.3 Å². The molecule has 17 heteroatoms. The van der Waals surface area contributed by atoms with E-state index in [9.17, 15) is 49.7 Å². The molecular weight excluding hydrogens is 825 g/mol. The highest BCUT2D eigenvalue weighted by Crippen LogP contribution is 2.31. The predicted molar refractivity (Wildman–Crippen MR) is 238 cm³/mol. The molecule has 3 aromatic rings. The van der Waals surface area contributed by atoms with Crippen LogP contribution in [0.3, 0.4) is 0 Å². The normalized spacial score (nSPS) is 17.8. The number of esters is 1. The van der Waals surface area contributed by atoms with Crippen LogP contribution < -0.4 is 4.74 Å². The summed E-state index contributed by atoms with van der Waals surface area (Å²) in [5.41, 5.74) is 5.54. The maximum Gasteiger partial charge on any atom is 0.320 e. The number of nitrogens with zero attached hydrogens (tertiary/aromatic N) is 6. The van der Waals surface area contributed by atoms with Gasteiger partial charge in [0.1, 0.15) is 31.1 Å². The monoisotopic (exact) mass is 882 g/mol. The number of likely N-dealkylation sites (tertiary alicyclic amines) is 1. The Labute approximate surface area is 373 Å². The lowest BCUT2D eigenvalue weighted by Gasteiger charge is -2.33. The van der Waals surface area contributed by atoms with Crippen LogP contribution in [0.2, 0.25) is 0 Å². The highest BCUT2D eigenvalue weighted by molar-refractivity contribution is 5.81. The van der Waals surface area contributed by atoms with Crippen molar-refractivity contribution < 1.29 is 53.9 Å². The highest BCUT2D eigenvalue weighted by atomic mass is 16.6. The molecule has 0 radical (unpaired) electrons. The molecule has 4 N–H and O–H groups in total. The Kier molecular flexibility index (Phi) is 18.8. The Morgan fingerprint density at radius 2 is 1.25 bits per heavy atom. The number of aliphatic carboxylic acids is 4. The van der Waals surface area contributed by atoms with Gasteiger partial charge in [-0.2, -0.15) is 5.26 Å².